The van der Waals surface area contributed by atoms with Crippen molar-refractivity contribution in [2.45, 2.75) is 27.7 Å². The third-order valence-corrected chi connectivity index (χ3v) is 5.93. The number of esters is 1. The number of aromatic nitrogens is 2. The van der Waals surface area contributed by atoms with Gasteiger partial charge in [-0.05, 0) is 43.0 Å². The van der Waals surface area contributed by atoms with Crippen LogP contribution in [0.25, 0.3) is 10.2 Å². The molecule has 0 spiro atoms. The van der Waals surface area contributed by atoms with E-state index in [4.69, 9.17) is 4.74 Å². The number of ether oxygens (including phenoxy) is 1. The van der Waals surface area contributed by atoms with Crippen molar-refractivity contribution in [3.8, 4) is 0 Å². The van der Waals surface area contributed by atoms with Crippen molar-refractivity contribution < 1.29 is 9.53 Å². The van der Waals surface area contributed by atoms with E-state index < -0.39 is 0 Å². The summed E-state index contributed by atoms with van der Waals surface area (Å²) in [6, 6.07) is 6.02. The first-order chi connectivity index (χ1) is 12.4. The van der Waals surface area contributed by atoms with Crippen LogP contribution in [0.1, 0.15) is 34.6 Å². The Kier molecular flexibility index (Phi) is 5.58. The molecule has 2 heterocycles. The Morgan fingerprint density at radius 1 is 1.31 bits per heavy atom. The molecule has 26 heavy (non-hydrogen) atoms. The zero-order chi connectivity index (χ0) is 18.8. The first kappa shape index (κ1) is 18.8. The molecule has 136 valence electrons. The van der Waals surface area contributed by atoms with Crippen molar-refractivity contribution in [3.05, 3.63) is 45.0 Å². The number of nitrogens with zero attached hydrogens (tertiary/aromatic N) is 2. The number of rotatable bonds is 5. The van der Waals surface area contributed by atoms with Crippen molar-refractivity contribution in [3.63, 3.8) is 0 Å². The van der Waals surface area contributed by atoms with E-state index in [9.17, 15) is 4.79 Å². The highest BCUT2D eigenvalue weighted by Crippen LogP contribution is 2.35. The molecule has 7 heteroatoms. The number of carbonyl (C=O) groups excluding carboxylic acids is 1. The van der Waals surface area contributed by atoms with Gasteiger partial charge in [-0.2, -0.15) is 0 Å². The van der Waals surface area contributed by atoms with Crippen LogP contribution in [-0.2, 0) is 4.74 Å². The van der Waals surface area contributed by atoms with Crippen LogP contribution in [0.4, 0.5) is 11.5 Å². The number of hydrogen-bond acceptors (Lipinski definition) is 6. The molecule has 1 aromatic carbocycles. The lowest BCUT2D eigenvalue weighted by Crippen LogP contribution is -2.09. The summed E-state index contributed by atoms with van der Waals surface area (Å²) in [7, 11) is 0. The van der Waals surface area contributed by atoms with E-state index in [1.165, 1.54) is 17.7 Å². The van der Waals surface area contributed by atoms with Gasteiger partial charge in [-0.1, -0.05) is 35.8 Å². The van der Waals surface area contributed by atoms with Gasteiger partial charge in [-0.3, -0.25) is 0 Å². The van der Waals surface area contributed by atoms with Crippen molar-refractivity contribution in [1.29, 1.82) is 0 Å². The third-order valence-electron chi connectivity index (χ3n) is 3.89. The van der Waals surface area contributed by atoms with Crippen LogP contribution < -0.4 is 5.32 Å². The number of thiophene rings is 1. The van der Waals surface area contributed by atoms with Gasteiger partial charge in [-0.15, -0.1) is 11.3 Å². The first-order valence-corrected chi connectivity index (χ1v) is 9.92. The zero-order valence-electron chi connectivity index (χ0n) is 15.1. The molecular weight excluding hydrogens is 414 g/mol. The highest BCUT2D eigenvalue weighted by atomic mass is 79.9. The maximum absolute atomic E-state index is 12.4. The van der Waals surface area contributed by atoms with Crippen molar-refractivity contribution in [2.75, 3.05) is 11.9 Å². The number of carbonyl (C=O) groups is 1. The first-order valence-electron chi connectivity index (χ1n) is 8.31. The van der Waals surface area contributed by atoms with Crippen LogP contribution in [0, 0.1) is 19.8 Å². The Morgan fingerprint density at radius 3 is 2.77 bits per heavy atom. The third kappa shape index (κ3) is 3.88. The van der Waals surface area contributed by atoms with Gasteiger partial charge < -0.3 is 10.1 Å². The zero-order valence-corrected chi connectivity index (χ0v) is 17.5. The molecule has 0 saturated heterocycles. The highest BCUT2D eigenvalue weighted by Gasteiger charge is 2.20. The van der Waals surface area contributed by atoms with E-state index in [0.717, 1.165) is 31.5 Å². The van der Waals surface area contributed by atoms with Crippen LogP contribution in [0.3, 0.4) is 0 Å². The number of nitrogens with one attached hydrogen (secondary N) is 1. The number of anilines is 2. The molecule has 0 aliphatic carbocycles. The summed E-state index contributed by atoms with van der Waals surface area (Å²) in [6.07, 6.45) is 1.51. The fraction of sp³-hybridized carbons (Fsp3) is 0.316. The standard InChI is InChI=1S/C19H20BrN3O2S/c1-10(2)8-25-19(24)16-12(4)15-17(21-9-22-18(15)26-16)23-13-6-5-11(3)14(20)7-13/h5-7,9-10H,8H2,1-4H3,(H,21,22,23). The van der Waals surface area contributed by atoms with Crippen LogP contribution in [0.5, 0.6) is 0 Å². The summed E-state index contributed by atoms with van der Waals surface area (Å²) in [6.45, 7) is 8.37. The molecule has 3 rings (SSSR count). The van der Waals surface area contributed by atoms with Crippen LogP contribution >= 0.6 is 27.3 Å². The van der Waals surface area contributed by atoms with E-state index >= 15 is 0 Å². The fourth-order valence-electron chi connectivity index (χ4n) is 2.48. The van der Waals surface area contributed by atoms with Crippen LogP contribution in [0.2, 0.25) is 0 Å². The molecule has 0 amide bonds. The molecule has 0 radical (unpaired) electrons. The Hall–Kier alpha value is -1.99. The SMILES string of the molecule is Cc1ccc(Nc2ncnc3sc(C(=O)OCC(C)C)c(C)c23)cc1Br. The van der Waals surface area contributed by atoms with Gasteiger partial charge in [0.05, 0.1) is 12.0 Å². The minimum Gasteiger partial charge on any atom is -0.461 e. The van der Waals surface area contributed by atoms with Crippen LogP contribution in [0.15, 0.2) is 29.0 Å². The molecular formula is C19H20BrN3O2S. The number of halogens is 1. The Labute approximate surface area is 164 Å². The minimum atomic E-state index is -0.303. The van der Waals surface area contributed by atoms with Gasteiger partial charge in [0.2, 0.25) is 0 Å². The van der Waals surface area contributed by atoms with Crippen LogP contribution in [-0.4, -0.2) is 22.5 Å². The predicted molar refractivity (Wildman–Crippen MR) is 109 cm³/mol. The maximum Gasteiger partial charge on any atom is 0.348 e. The Balaban J connectivity index is 1.96. The lowest BCUT2D eigenvalue weighted by Gasteiger charge is -2.09. The Bertz CT molecular complexity index is 969. The van der Waals surface area contributed by atoms with E-state index in [0.29, 0.717) is 23.2 Å². The average molecular weight is 434 g/mol. The number of benzene rings is 1. The summed E-state index contributed by atoms with van der Waals surface area (Å²) in [5.41, 5.74) is 2.91. The predicted octanol–water partition coefficient (Wildman–Crippen LogP) is 5.63. The van der Waals surface area contributed by atoms with Gasteiger partial charge in [0, 0.05) is 10.2 Å². The van der Waals surface area contributed by atoms with Gasteiger partial charge in [0.1, 0.15) is 21.9 Å². The summed E-state index contributed by atoms with van der Waals surface area (Å²) in [5, 5.41) is 4.18. The monoisotopic (exact) mass is 433 g/mol. The molecule has 0 aliphatic rings. The number of aryl methyl sites for hydroxylation is 2. The van der Waals surface area contributed by atoms with E-state index in [2.05, 4.69) is 31.2 Å². The van der Waals surface area contributed by atoms with Crippen molar-refractivity contribution in [2.24, 2.45) is 5.92 Å². The highest BCUT2D eigenvalue weighted by molar-refractivity contribution is 9.10. The van der Waals surface area contributed by atoms with E-state index in [1.807, 2.05) is 45.9 Å². The Morgan fingerprint density at radius 2 is 2.08 bits per heavy atom. The summed E-state index contributed by atoms with van der Waals surface area (Å²) in [5.74, 6) is 0.677. The molecule has 1 N–H and O–H groups in total. The van der Waals surface area contributed by atoms with E-state index in [1.54, 1.807) is 0 Å². The topological polar surface area (TPSA) is 64.1 Å². The molecule has 0 saturated carbocycles. The second-order valence-electron chi connectivity index (χ2n) is 6.54. The molecule has 0 aliphatic heterocycles. The molecule has 0 unspecified atom stereocenters. The molecule has 0 atom stereocenters. The van der Waals surface area contributed by atoms with E-state index in [-0.39, 0.29) is 5.97 Å². The lowest BCUT2D eigenvalue weighted by molar-refractivity contribution is 0.0464. The normalized spacial score (nSPS) is 11.2. The summed E-state index contributed by atoms with van der Waals surface area (Å²) >= 11 is 4.88. The van der Waals surface area contributed by atoms with Gasteiger partial charge in [0.15, 0.2) is 0 Å². The number of fused-ring (bicyclic) bond motifs is 1. The number of hydrogen-bond donors (Lipinski definition) is 1. The summed E-state index contributed by atoms with van der Waals surface area (Å²) < 4.78 is 6.40. The second kappa shape index (κ2) is 7.72. The lowest BCUT2D eigenvalue weighted by atomic mass is 10.2. The van der Waals surface area contributed by atoms with Crippen molar-refractivity contribution >= 4 is 55.0 Å². The molecule has 0 bridgehead atoms. The van der Waals surface area contributed by atoms with Gasteiger partial charge >= 0.3 is 5.97 Å². The molecule has 5 nitrogen and oxygen atoms in total. The quantitative estimate of drug-likeness (QED) is 0.528. The maximum atomic E-state index is 12.4. The molecule has 0 fully saturated rings. The smallest absolute Gasteiger partial charge is 0.348 e. The van der Waals surface area contributed by atoms with Gasteiger partial charge in [-0.25, -0.2) is 14.8 Å². The van der Waals surface area contributed by atoms with Crippen molar-refractivity contribution in [1.82, 2.24) is 9.97 Å². The van der Waals surface area contributed by atoms with Gasteiger partial charge in [0.25, 0.3) is 0 Å². The second-order valence-corrected chi connectivity index (χ2v) is 8.39. The fourth-order valence-corrected chi connectivity index (χ4v) is 3.90. The summed E-state index contributed by atoms with van der Waals surface area (Å²) in [4.78, 5) is 22.5. The minimum absolute atomic E-state index is 0.297. The largest absolute Gasteiger partial charge is 0.461 e. The molecule has 2 aromatic heterocycles. The average Bonchev–Trinajstić information content (AvgIpc) is 2.94. The molecule has 3 aromatic rings.